The molecule has 2 N–H and O–H groups in total. The van der Waals surface area contributed by atoms with Gasteiger partial charge in [-0.25, -0.2) is 13.6 Å². The molecule has 0 saturated heterocycles. The van der Waals surface area contributed by atoms with Crippen LogP contribution >= 0.6 is 0 Å². The molecule has 8 heteroatoms. The molecule has 0 bridgehead atoms. The molecular weight excluding hydrogens is 430 g/mol. The van der Waals surface area contributed by atoms with Crippen LogP contribution in [0.15, 0.2) is 66.7 Å². The number of carboxylic acids is 1. The van der Waals surface area contributed by atoms with Gasteiger partial charge in [-0.1, -0.05) is 24.3 Å². The van der Waals surface area contributed by atoms with Crippen LogP contribution in [0.5, 0.6) is 0 Å². The zero-order chi connectivity index (χ0) is 24.1. The number of rotatable bonds is 7. The normalized spacial score (nSPS) is 11.5. The second-order valence-corrected chi connectivity index (χ2v) is 7.59. The number of halogens is 2. The van der Waals surface area contributed by atoms with Crippen molar-refractivity contribution < 1.29 is 28.3 Å². The first-order valence-electron chi connectivity index (χ1n) is 10.1. The van der Waals surface area contributed by atoms with Gasteiger partial charge in [0.2, 0.25) is 5.91 Å². The van der Waals surface area contributed by atoms with Gasteiger partial charge in [0, 0.05) is 24.4 Å². The molecule has 6 nitrogen and oxygen atoms in total. The van der Waals surface area contributed by atoms with Crippen LogP contribution in [0, 0.1) is 11.6 Å². The second kappa shape index (κ2) is 10.0. The van der Waals surface area contributed by atoms with E-state index in [1.165, 1.54) is 14.0 Å². The van der Waals surface area contributed by atoms with Gasteiger partial charge in [0.1, 0.15) is 17.7 Å². The van der Waals surface area contributed by atoms with Gasteiger partial charge < -0.3 is 15.3 Å². The number of carbonyl (C=O) groups excluding carboxylic acids is 2. The fraction of sp³-hybridized carbons (Fsp3) is 0.160. The van der Waals surface area contributed by atoms with E-state index in [4.69, 9.17) is 5.11 Å². The van der Waals surface area contributed by atoms with Crippen LogP contribution in [0.1, 0.15) is 22.8 Å². The van der Waals surface area contributed by atoms with E-state index in [2.05, 4.69) is 5.32 Å². The molecule has 3 aromatic carbocycles. The summed E-state index contributed by atoms with van der Waals surface area (Å²) in [6.07, 6.45) is -0.166. The molecule has 0 spiro atoms. The van der Waals surface area contributed by atoms with Crippen LogP contribution in [-0.2, 0) is 16.0 Å². The molecule has 0 aliphatic heterocycles. The van der Waals surface area contributed by atoms with E-state index in [1.54, 1.807) is 48.5 Å². The monoisotopic (exact) mass is 452 g/mol. The van der Waals surface area contributed by atoms with Crippen molar-refractivity contribution in [1.82, 2.24) is 4.90 Å². The molecule has 170 valence electrons. The molecule has 1 atom stereocenters. The summed E-state index contributed by atoms with van der Waals surface area (Å²) in [5, 5.41) is 11.7. The van der Waals surface area contributed by atoms with E-state index in [-0.39, 0.29) is 12.0 Å². The summed E-state index contributed by atoms with van der Waals surface area (Å²) < 4.78 is 26.5. The van der Waals surface area contributed by atoms with Gasteiger partial charge in [-0.05, 0) is 60.0 Å². The molecule has 3 aromatic rings. The lowest BCUT2D eigenvalue weighted by Crippen LogP contribution is -2.40. The molecule has 0 unspecified atom stereocenters. The molecule has 0 saturated carbocycles. The van der Waals surface area contributed by atoms with Crippen LogP contribution in [0.3, 0.4) is 0 Å². The van der Waals surface area contributed by atoms with Crippen LogP contribution < -0.4 is 5.32 Å². The lowest BCUT2D eigenvalue weighted by Gasteiger charge is -2.21. The third-order valence-corrected chi connectivity index (χ3v) is 5.18. The average Bonchev–Trinajstić information content (AvgIpc) is 2.77. The van der Waals surface area contributed by atoms with E-state index < -0.39 is 35.5 Å². The number of nitrogens with one attached hydrogen (secondary N) is 1. The Kier molecular flexibility index (Phi) is 7.17. The van der Waals surface area contributed by atoms with Gasteiger partial charge in [-0.15, -0.1) is 0 Å². The van der Waals surface area contributed by atoms with Crippen molar-refractivity contribution in [2.24, 2.45) is 0 Å². The van der Waals surface area contributed by atoms with Gasteiger partial charge in [-0.2, -0.15) is 0 Å². The second-order valence-electron chi connectivity index (χ2n) is 7.59. The first-order chi connectivity index (χ1) is 15.6. The van der Waals surface area contributed by atoms with E-state index in [0.717, 1.165) is 34.2 Å². The smallest absolute Gasteiger partial charge is 0.326 e. The third-order valence-electron chi connectivity index (χ3n) is 5.18. The minimum Gasteiger partial charge on any atom is -0.480 e. The average molecular weight is 452 g/mol. The first-order valence-corrected chi connectivity index (χ1v) is 10.1. The number of carbonyl (C=O) groups is 3. The molecule has 0 fully saturated rings. The molecule has 0 radical (unpaired) electrons. The fourth-order valence-electron chi connectivity index (χ4n) is 3.20. The number of nitrogens with zero attached hydrogens (tertiary/aromatic N) is 1. The van der Waals surface area contributed by atoms with Crippen molar-refractivity contribution in [2.45, 2.75) is 19.4 Å². The molecular formula is C25H22F2N2O4. The number of hydrogen-bond acceptors (Lipinski definition) is 3. The number of carboxylic acid groups (broad SMARTS) is 1. The van der Waals surface area contributed by atoms with E-state index >= 15 is 0 Å². The lowest BCUT2D eigenvalue weighted by atomic mass is 10.0. The minimum atomic E-state index is -1.09. The summed E-state index contributed by atoms with van der Waals surface area (Å²) in [7, 11) is 1.44. The lowest BCUT2D eigenvalue weighted by molar-refractivity contribution is -0.141. The quantitative estimate of drug-likeness (QED) is 0.558. The predicted molar refractivity (Wildman–Crippen MR) is 120 cm³/mol. The molecule has 0 aromatic heterocycles. The maximum absolute atomic E-state index is 13.3. The summed E-state index contributed by atoms with van der Waals surface area (Å²) >= 11 is 0. The van der Waals surface area contributed by atoms with Gasteiger partial charge in [-0.3, -0.25) is 9.59 Å². The van der Waals surface area contributed by atoms with E-state index in [1.807, 2.05) is 0 Å². The van der Waals surface area contributed by atoms with Crippen molar-refractivity contribution in [3.8, 4) is 11.1 Å². The molecule has 0 aliphatic rings. The summed E-state index contributed by atoms with van der Waals surface area (Å²) in [4.78, 5) is 36.8. The maximum atomic E-state index is 13.3. The Balaban J connectivity index is 1.64. The van der Waals surface area contributed by atoms with Crippen molar-refractivity contribution in [2.75, 3.05) is 12.4 Å². The SMILES string of the molecule is C[C@@H](C(=O)O)N(C)C(=O)c1ccc(-c2ccc(NC(=O)Cc3cc(F)cc(F)c3)cc2)cc1. The fourth-order valence-corrected chi connectivity index (χ4v) is 3.20. The zero-order valence-electron chi connectivity index (χ0n) is 18.0. The molecule has 0 heterocycles. The predicted octanol–water partition coefficient (Wildman–Crippen LogP) is 4.36. The van der Waals surface area contributed by atoms with Crippen molar-refractivity contribution in [3.05, 3.63) is 89.5 Å². The third kappa shape index (κ3) is 6.00. The van der Waals surface area contributed by atoms with E-state index in [0.29, 0.717) is 11.3 Å². The highest BCUT2D eigenvalue weighted by molar-refractivity contribution is 5.97. The Morgan fingerprint density at radius 1 is 0.909 bits per heavy atom. The highest BCUT2D eigenvalue weighted by atomic mass is 19.1. The van der Waals surface area contributed by atoms with Crippen LogP contribution in [0.4, 0.5) is 14.5 Å². The minimum absolute atomic E-state index is 0.166. The summed E-state index contributed by atoms with van der Waals surface area (Å²) in [5.41, 5.74) is 2.79. The summed E-state index contributed by atoms with van der Waals surface area (Å²) in [6, 6.07) is 15.7. The van der Waals surface area contributed by atoms with Crippen LogP contribution in [0.25, 0.3) is 11.1 Å². The number of likely N-dealkylation sites (N-methyl/N-ethyl adjacent to an activating group) is 1. The van der Waals surface area contributed by atoms with Crippen molar-refractivity contribution in [1.29, 1.82) is 0 Å². The standard InChI is InChI=1S/C25H22F2N2O4/c1-15(25(32)33)29(2)24(31)19-5-3-17(4-6-19)18-7-9-22(10-8-18)28-23(30)13-16-11-20(26)14-21(27)12-16/h3-12,14-15H,13H2,1-2H3,(H,28,30)(H,32,33)/t15-/m0/s1. The topological polar surface area (TPSA) is 86.7 Å². The summed E-state index contributed by atoms with van der Waals surface area (Å²) in [6.45, 7) is 1.44. The highest BCUT2D eigenvalue weighted by Gasteiger charge is 2.22. The first kappa shape index (κ1) is 23.6. The summed E-state index contributed by atoms with van der Waals surface area (Å²) in [5.74, 6) is -3.36. The Hall–Kier alpha value is -4.07. The number of amides is 2. The molecule has 3 rings (SSSR count). The van der Waals surface area contributed by atoms with E-state index in [9.17, 15) is 23.2 Å². The number of hydrogen-bond donors (Lipinski definition) is 2. The number of benzene rings is 3. The largest absolute Gasteiger partial charge is 0.480 e. The Morgan fingerprint density at radius 2 is 1.42 bits per heavy atom. The Labute approximate surface area is 189 Å². The van der Waals surface area contributed by atoms with Gasteiger partial charge in [0.05, 0.1) is 6.42 Å². The van der Waals surface area contributed by atoms with Crippen LogP contribution in [-0.4, -0.2) is 40.9 Å². The Bertz CT molecular complexity index is 1160. The zero-order valence-corrected chi connectivity index (χ0v) is 18.0. The van der Waals surface area contributed by atoms with Gasteiger partial charge in [0.15, 0.2) is 0 Å². The molecule has 2 amide bonds. The highest BCUT2D eigenvalue weighted by Crippen LogP contribution is 2.23. The van der Waals surface area contributed by atoms with Crippen molar-refractivity contribution in [3.63, 3.8) is 0 Å². The Morgan fingerprint density at radius 3 is 1.94 bits per heavy atom. The maximum Gasteiger partial charge on any atom is 0.326 e. The van der Waals surface area contributed by atoms with Gasteiger partial charge >= 0.3 is 5.97 Å². The van der Waals surface area contributed by atoms with Crippen molar-refractivity contribution >= 4 is 23.5 Å². The van der Waals surface area contributed by atoms with Gasteiger partial charge in [0.25, 0.3) is 5.91 Å². The molecule has 33 heavy (non-hydrogen) atoms. The number of aliphatic carboxylic acids is 1. The number of anilines is 1. The molecule has 0 aliphatic carbocycles. The van der Waals surface area contributed by atoms with Crippen LogP contribution in [0.2, 0.25) is 0 Å².